The van der Waals surface area contributed by atoms with Crippen LogP contribution >= 0.6 is 0 Å². The second kappa shape index (κ2) is 3.01. The van der Waals surface area contributed by atoms with Crippen LogP contribution in [-0.2, 0) is 0 Å². The van der Waals surface area contributed by atoms with Crippen molar-refractivity contribution in [1.29, 1.82) is 0 Å². The maximum atomic E-state index is 5.61. The molecule has 1 aliphatic rings. The maximum Gasteiger partial charge on any atom is 0.0869 e. The zero-order valence-electron chi connectivity index (χ0n) is 7.62. The van der Waals surface area contributed by atoms with Gasteiger partial charge in [-0.2, -0.15) is 0 Å². The van der Waals surface area contributed by atoms with Crippen molar-refractivity contribution in [3.63, 3.8) is 0 Å². The van der Waals surface area contributed by atoms with Crippen molar-refractivity contribution in [1.82, 2.24) is 10.2 Å². The van der Waals surface area contributed by atoms with Crippen molar-refractivity contribution < 1.29 is 0 Å². The molecule has 3 N–H and O–H groups in total. The third-order valence-electron chi connectivity index (χ3n) is 2.18. The van der Waals surface area contributed by atoms with E-state index >= 15 is 0 Å². The molecule has 0 bridgehead atoms. The molecule has 1 aromatic carbocycles. The Kier molecular flexibility index (Phi) is 1.85. The first-order chi connectivity index (χ1) is 6.27. The van der Waals surface area contributed by atoms with Gasteiger partial charge in [0.15, 0.2) is 0 Å². The fraction of sp³-hybridized carbons (Fsp3) is 0.200. The van der Waals surface area contributed by atoms with Crippen LogP contribution in [0.4, 0.5) is 5.69 Å². The van der Waals surface area contributed by atoms with Gasteiger partial charge in [0.2, 0.25) is 0 Å². The molecule has 0 atom stereocenters. The van der Waals surface area contributed by atoms with Gasteiger partial charge in [0, 0.05) is 18.9 Å². The van der Waals surface area contributed by atoms with Crippen LogP contribution in [0, 0.1) is 0 Å². The summed E-state index contributed by atoms with van der Waals surface area (Å²) in [6.45, 7) is 0.875. The zero-order valence-corrected chi connectivity index (χ0v) is 7.62. The third-order valence-corrected chi connectivity index (χ3v) is 2.18. The van der Waals surface area contributed by atoms with Gasteiger partial charge < -0.3 is 16.0 Å². The lowest BCUT2D eigenvalue weighted by atomic mass is 10.1. The van der Waals surface area contributed by atoms with Crippen molar-refractivity contribution in [3.8, 4) is 0 Å². The van der Waals surface area contributed by atoms with E-state index in [1.165, 1.54) is 11.3 Å². The lowest BCUT2D eigenvalue weighted by Crippen LogP contribution is -2.17. The average Bonchev–Trinajstić information content (AvgIpc) is 2.53. The standard InChI is InChI=1S/C10H13N3/c1-13-7-12-6-10(13)8-2-4-9(11)5-3-8/h2-6,12H,7,11H2,1H3. The molecule has 1 aliphatic heterocycles. The minimum atomic E-state index is 0.804. The summed E-state index contributed by atoms with van der Waals surface area (Å²) in [5.74, 6) is 0. The van der Waals surface area contributed by atoms with E-state index in [2.05, 4.69) is 17.3 Å². The van der Waals surface area contributed by atoms with Crippen molar-refractivity contribution in [2.24, 2.45) is 0 Å². The first-order valence-corrected chi connectivity index (χ1v) is 4.28. The summed E-state index contributed by atoms with van der Waals surface area (Å²) in [4.78, 5) is 2.16. The van der Waals surface area contributed by atoms with Gasteiger partial charge in [-0.3, -0.25) is 0 Å². The topological polar surface area (TPSA) is 41.3 Å². The number of nitrogens with zero attached hydrogens (tertiary/aromatic N) is 1. The van der Waals surface area contributed by atoms with Crippen LogP contribution in [0.5, 0.6) is 0 Å². The number of rotatable bonds is 1. The Labute approximate surface area is 77.8 Å². The van der Waals surface area contributed by atoms with Crippen LogP contribution in [0.2, 0.25) is 0 Å². The molecule has 2 rings (SSSR count). The van der Waals surface area contributed by atoms with Crippen LogP contribution in [0.25, 0.3) is 5.70 Å². The van der Waals surface area contributed by atoms with Crippen LogP contribution in [0.15, 0.2) is 30.5 Å². The normalized spacial score (nSPS) is 15.5. The van der Waals surface area contributed by atoms with Crippen molar-refractivity contribution in [2.45, 2.75) is 0 Å². The van der Waals surface area contributed by atoms with Gasteiger partial charge in [0.1, 0.15) is 0 Å². The number of anilines is 1. The quantitative estimate of drug-likeness (QED) is 0.627. The van der Waals surface area contributed by atoms with Gasteiger partial charge in [0.05, 0.1) is 12.4 Å². The molecule has 68 valence electrons. The minimum absolute atomic E-state index is 0.804. The number of nitrogens with two attached hydrogens (primary N) is 1. The predicted octanol–water partition coefficient (Wildman–Crippen LogP) is 1.06. The summed E-state index contributed by atoms with van der Waals surface area (Å²) in [6.07, 6.45) is 2.02. The molecule has 0 unspecified atom stereocenters. The Morgan fingerprint density at radius 2 is 2.00 bits per heavy atom. The molecule has 0 aromatic heterocycles. The second-order valence-electron chi connectivity index (χ2n) is 3.21. The summed E-state index contributed by atoms with van der Waals surface area (Å²) < 4.78 is 0. The van der Waals surface area contributed by atoms with E-state index in [9.17, 15) is 0 Å². The number of nitrogens with one attached hydrogen (secondary N) is 1. The van der Waals surface area contributed by atoms with Crippen LogP contribution in [0.3, 0.4) is 0 Å². The van der Waals surface area contributed by atoms with Crippen LogP contribution in [-0.4, -0.2) is 18.6 Å². The molecule has 0 aliphatic carbocycles. The summed E-state index contributed by atoms with van der Waals surface area (Å²) >= 11 is 0. The molecule has 1 aromatic rings. The third kappa shape index (κ3) is 1.45. The Morgan fingerprint density at radius 1 is 1.31 bits per heavy atom. The van der Waals surface area contributed by atoms with Crippen LogP contribution in [0.1, 0.15) is 5.56 Å². The van der Waals surface area contributed by atoms with Gasteiger partial charge in [-0.1, -0.05) is 12.1 Å². The number of hydrogen-bond donors (Lipinski definition) is 2. The molecular formula is C10H13N3. The van der Waals surface area contributed by atoms with Crippen molar-refractivity contribution in [3.05, 3.63) is 36.0 Å². The van der Waals surface area contributed by atoms with Crippen molar-refractivity contribution >= 4 is 11.4 Å². The Bertz CT molecular complexity index is 327. The second-order valence-corrected chi connectivity index (χ2v) is 3.21. The van der Waals surface area contributed by atoms with Gasteiger partial charge in [-0.05, 0) is 17.7 Å². The molecule has 0 fully saturated rings. The Balaban J connectivity index is 2.30. The van der Waals surface area contributed by atoms with Gasteiger partial charge in [-0.25, -0.2) is 0 Å². The molecule has 0 radical (unpaired) electrons. The van der Waals surface area contributed by atoms with E-state index in [-0.39, 0.29) is 0 Å². The number of nitrogen functional groups attached to an aromatic ring is 1. The lowest BCUT2D eigenvalue weighted by Gasteiger charge is -2.14. The molecular weight excluding hydrogens is 162 g/mol. The highest BCUT2D eigenvalue weighted by atomic mass is 15.2. The highest BCUT2D eigenvalue weighted by Gasteiger charge is 2.11. The van der Waals surface area contributed by atoms with Crippen molar-refractivity contribution in [2.75, 3.05) is 19.5 Å². The lowest BCUT2D eigenvalue weighted by molar-refractivity contribution is 0.493. The van der Waals surface area contributed by atoms with Gasteiger partial charge >= 0.3 is 0 Å². The SMILES string of the molecule is CN1CNC=C1c1ccc(N)cc1. The fourth-order valence-electron chi connectivity index (χ4n) is 1.43. The molecule has 13 heavy (non-hydrogen) atoms. The first kappa shape index (κ1) is 7.98. The molecule has 0 saturated carbocycles. The molecule has 3 nitrogen and oxygen atoms in total. The number of hydrogen-bond acceptors (Lipinski definition) is 3. The van der Waals surface area contributed by atoms with Crippen LogP contribution < -0.4 is 11.1 Å². The smallest absolute Gasteiger partial charge is 0.0869 e. The van der Waals surface area contributed by atoms with E-state index < -0.39 is 0 Å². The summed E-state index contributed by atoms with van der Waals surface area (Å²) in [6, 6.07) is 7.90. The largest absolute Gasteiger partial charge is 0.399 e. The molecule has 0 saturated heterocycles. The summed E-state index contributed by atoms with van der Waals surface area (Å²) in [7, 11) is 2.06. The molecule has 1 heterocycles. The number of benzene rings is 1. The van der Waals surface area contributed by atoms with Gasteiger partial charge in [-0.15, -0.1) is 0 Å². The minimum Gasteiger partial charge on any atom is -0.399 e. The maximum absolute atomic E-state index is 5.61. The fourth-order valence-corrected chi connectivity index (χ4v) is 1.43. The Morgan fingerprint density at radius 3 is 2.54 bits per heavy atom. The van der Waals surface area contributed by atoms with E-state index in [1.54, 1.807) is 0 Å². The summed E-state index contributed by atoms with van der Waals surface area (Å²) in [5, 5.41) is 3.17. The van der Waals surface area contributed by atoms with E-state index in [0.717, 1.165) is 12.4 Å². The molecule has 3 heteroatoms. The first-order valence-electron chi connectivity index (χ1n) is 4.28. The van der Waals surface area contributed by atoms with E-state index in [0.29, 0.717) is 0 Å². The average molecular weight is 175 g/mol. The highest BCUT2D eigenvalue weighted by molar-refractivity contribution is 5.66. The van der Waals surface area contributed by atoms with E-state index in [1.807, 2.05) is 30.5 Å². The predicted molar refractivity (Wildman–Crippen MR) is 54.6 cm³/mol. The summed E-state index contributed by atoms with van der Waals surface area (Å²) in [5.41, 5.74) is 8.82. The van der Waals surface area contributed by atoms with Gasteiger partial charge in [0.25, 0.3) is 0 Å². The monoisotopic (exact) mass is 175 g/mol. The molecule has 0 spiro atoms. The zero-order chi connectivity index (χ0) is 9.26. The highest BCUT2D eigenvalue weighted by Crippen LogP contribution is 2.20. The molecule has 0 amide bonds. The van der Waals surface area contributed by atoms with E-state index in [4.69, 9.17) is 5.73 Å². The Hall–Kier alpha value is -1.64.